The number of rotatable bonds is 5. The minimum atomic E-state index is -3.86. The first kappa shape index (κ1) is 19.4. The van der Waals surface area contributed by atoms with Crippen molar-refractivity contribution in [3.63, 3.8) is 0 Å². The van der Waals surface area contributed by atoms with Gasteiger partial charge in [0.25, 0.3) is 10.0 Å². The zero-order chi connectivity index (χ0) is 19.6. The first-order valence-electron chi connectivity index (χ1n) is 8.16. The summed E-state index contributed by atoms with van der Waals surface area (Å²) in [5.41, 5.74) is 0.814. The monoisotopic (exact) mass is 408 g/mol. The Morgan fingerprint density at radius 2 is 1.78 bits per heavy atom. The molecule has 0 aliphatic carbocycles. The number of amides is 1. The fourth-order valence-electron chi connectivity index (χ4n) is 2.53. The van der Waals surface area contributed by atoms with Crippen LogP contribution in [-0.2, 0) is 14.8 Å². The highest BCUT2D eigenvalue weighted by atomic mass is 32.2. The number of anilines is 2. The summed E-state index contributed by atoms with van der Waals surface area (Å²) in [6.07, 6.45) is 0. The average molecular weight is 409 g/mol. The molecule has 0 saturated heterocycles. The predicted octanol–water partition coefficient (Wildman–Crippen LogP) is 3.18. The molecule has 1 aliphatic rings. The zero-order valence-electron chi connectivity index (χ0n) is 15.1. The molecule has 0 bridgehead atoms. The van der Waals surface area contributed by atoms with Gasteiger partial charge in [-0.1, -0.05) is 6.92 Å². The Morgan fingerprint density at radius 1 is 1.11 bits per heavy atom. The molecule has 3 rings (SSSR count). The summed E-state index contributed by atoms with van der Waals surface area (Å²) in [7, 11) is -0.887. The van der Waals surface area contributed by atoms with Crippen molar-refractivity contribution in [3.05, 3.63) is 36.4 Å². The maximum atomic E-state index is 12.8. The number of benzene rings is 2. The summed E-state index contributed by atoms with van der Waals surface area (Å²) in [5.74, 6) is 1.30. The minimum absolute atomic E-state index is 0.0542. The smallest absolute Gasteiger partial charge is 0.261 e. The third-order valence-corrected chi connectivity index (χ3v) is 6.77. The van der Waals surface area contributed by atoms with Gasteiger partial charge in [0.15, 0.2) is 0 Å². The van der Waals surface area contributed by atoms with Crippen LogP contribution < -0.4 is 19.5 Å². The summed E-state index contributed by atoms with van der Waals surface area (Å²) in [6.45, 7) is 1.84. The molecule has 0 aromatic heterocycles. The van der Waals surface area contributed by atoms with Gasteiger partial charge in [0, 0.05) is 34.8 Å². The Bertz CT molecular complexity index is 953. The second-order valence-corrected chi connectivity index (χ2v) is 8.81. The second kappa shape index (κ2) is 7.69. The van der Waals surface area contributed by atoms with E-state index in [9.17, 15) is 13.2 Å². The molecular formula is C18H20N2O5S2. The van der Waals surface area contributed by atoms with Crippen LogP contribution in [0.4, 0.5) is 11.4 Å². The zero-order valence-corrected chi connectivity index (χ0v) is 16.7. The minimum Gasteiger partial charge on any atom is -0.497 e. The Hall–Kier alpha value is -2.39. The number of sulfonamides is 1. The standard InChI is InChI=1S/C18H20N2O5S2/c1-11-10-26-17-5-4-15(9-16(17)19-18(11)21)27(22,23)20-12-6-13(24-2)8-14(7-12)25-3/h4-9,11,20H,10H2,1-3H3,(H,19,21)/t11-/m1/s1. The molecule has 2 aromatic carbocycles. The van der Waals surface area contributed by atoms with Gasteiger partial charge in [-0.25, -0.2) is 8.42 Å². The van der Waals surface area contributed by atoms with Crippen LogP contribution in [0.5, 0.6) is 11.5 Å². The number of methoxy groups -OCH3 is 2. The fraction of sp³-hybridized carbons (Fsp3) is 0.278. The van der Waals surface area contributed by atoms with Crippen LogP contribution in [0.2, 0.25) is 0 Å². The molecule has 0 saturated carbocycles. The molecule has 144 valence electrons. The first-order valence-corrected chi connectivity index (χ1v) is 10.6. The Balaban J connectivity index is 1.92. The highest BCUT2D eigenvalue weighted by Crippen LogP contribution is 2.35. The van der Waals surface area contributed by atoms with E-state index in [0.717, 1.165) is 4.90 Å². The number of carbonyl (C=O) groups excluding carboxylic acids is 1. The second-order valence-electron chi connectivity index (χ2n) is 6.07. The summed E-state index contributed by atoms with van der Waals surface area (Å²) in [4.78, 5) is 12.9. The first-order chi connectivity index (χ1) is 12.8. The topological polar surface area (TPSA) is 93.7 Å². The van der Waals surface area contributed by atoms with E-state index >= 15 is 0 Å². The molecule has 0 spiro atoms. The summed E-state index contributed by atoms with van der Waals surface area (Å²) >= 11 is 1.52. The molecule has 1 amide bonds. The summed E-state index contributed by atoms with van der Waals surface area (Å²) in [5, 5.41) is 2.79. The van der Waals surface area contributed by atoms with Gasteiger partial charge in [-0.2, -0.15) is 0 Å². The van der Waals surface area contributed by atoms with Crippen LogP contribution in [0.15, 0.2) is 46.2 Å². The van der Waals surface area contributed by atoms with Crippen LogP contribution in [0.25, 0.3) is 0 Å². The van der Waals surface area contributed by atoms with E-state index < -0.39 is 10.0 Å². The van der Waals surface area contributed by atoms with Crippen molar-refractivity contribution >= 4 is 39.1 Å². The van der Waals surface area contributed by atoms with Gasteiger partial charge in [-0.15, -0.1) is 11.8 Å². The number of carbonyl (C=O) groups is 1. The normalized spacial score (nSPS) is 16.7. The number of ether oxygens (including phenoxy) is 2. The van der Waals surface area contributed by atoms with Gasteiger partial charge in [0.2, 0.25) is 5.91 Å². The molecule has 1 aliphatic heterocycles. The molecule has 0 radical (unpaired) electrons. The third kappa shape index (κ3) is 4.30. The van der Waals surface area contributed by atoms with Crippen molar-refractivity contribution in [1.82, 2.24) is 0 Å². The quantitative estimate of drug-likeness (QED) is 0.789. The predicted molar refractivity (Wildman–Crippen MR) is 105 cm³/mol. The van der Waals surface area contributed by atoms with Gasteiger partial charge < -0.3 is 14.8 Å². The SMILES string of the molecule is COc1cc(NS(=O)(=O)c2ccc3c(c2)NC(=O)[C@H](C)CS3)cc(OC)c1. The Kier molecular flexibility index (Phi) is 5.52. The van der Waals surface area contributed by atoms with Gasteiger partial charge >= 0.3 is 0 Å². The van der Waals surface area contributed by atoms with Crippen LogP contribution in [0, 0.1) is 5.92 Å². The molecule has 1 atom stereocenters. The molecule has 0 fully saturated rings. The Morgan fingerprint density at radius 3 is 2.41 bits per heavy atom. The van der Waals surface area contributed by atoms with Gasteiger partial charge in [0.05, 0.1) is 30.5 Å². The van der Waals surface area contributed by atoms with Crippen molar-refractivity contribution in [2.75, 3.05) is 30.0 Å². The van der Waals surface area contributed by atoms with E-state index in [-0.39, 0.29) is 16.7 Å². The van der Waals surface area contributed by atoms with E-state index in [0.29, 0.717) is 28.6 Å². The Labute approximate surface area is 162 Å². The molecule has 0 unspecified atom stereocenters. The fourth-order valence-corrected chi connectivity index (χ4v) is 4.60. The van der Waals surface area contributed by atoms with E-state index in [2.05, 4.69) is 10.0 Å². The maximum Gasteiger partial charge on any atom is 0.261 e. The molecule has 2 aromatic rings. The average Bonchev–Trinajstić information content (AvgIpc) is 2.79. The molecule has 2 N–H and O–H groups in total. The van der Waals surface area contributed by atoms with Crippen molar-refractivity contribution in [2.24, 2.45) is 5.92 Å². The van der Waals surface area contributed by atoms with Gasteiger partial charge in [0.1, 0.15) is 11.5 Å². The van der Waals surface area contributed by atoms with Crippen molar-refractivity contribution in [1.29, 1.82) is 0 Å². The number of thioether (sulfide) groups is 1. The molecule has 1 heterocycles. The molecular weight excluding hydrogens is 388 g/mol. The van der Waals surface area contributed by atoms with E-state index in [1.54, 1.807) is 24.3 Å². The van der Waals surface area contributed by atoms with Crippen molar-refractivity contribution in [2.45, 2.75) is 16.7 Å². The molecule has 27 heavy (non-hydrogen) atoms. The van der Waals surface area contributed by atoms with E-state index in [1.807, 2.05) is 6.92 Å². The molecule has 9 heteroatoms. The number of fused-ring (bicyclic) bond motifs is 1. The lowest BCUT2D eigenvalue weighted by Gasteiger charge is -2.13. The van der Waals surface area contributed by atoms with Gasteiger partial charge in [-0.05, 0) is 18.2 Å². The number of hydrogen-bond acceptors (Lipinski definition) is 6. The lowest BCUT2D eigenvalue weighted by Crippen LogP contribution is -2.20. The highest BCUT2D eigenvalue weighted by Gasteiger charge is 2.23. The molecule has 7 nitrogen and oxygen atoms in total. The largest absolute Gasteiger partial charge is 0.497 e. The van der Waals surface area contributed by atoms with Crippen LogP contribution in [-0.4, -0.2) is 34.3 Å². The van der Waals surface area contributed by atoms with E-state index in [4.69, 9.17) is 9.47 Å². The van der Waals surface area contributed by atoms with E-state index in [1.165, 1.54) is 38.1 Å². The summed E-state index contributed by atoms with van der Waals surface area (Å²) < 4.78 is 38.5. The van der Waals surface area contributed by atoms with Crippen molar-refractivity contribution in [3.8, 4) is 11.5 Å². The highest BCUT2D eigenvalue weighted by molar-refractivity contribution is 7.99. The van der Waals surface area contributed by atoms with Crippen LogP contribution in [0.1, 0.15) is 6.92 Å². The van der Waals surface area contributed by atoms with Crippen LogP contribution in [0.3, 0.4) is 0 Å². The number of nitrogens with one attached hydrogen (secondary N) is 2. The van der Waals surface area contributed by atoms with Crippen LogP contribution >= 0.6 is 11.8 Å². The maximum absolute atomic E-state index is 12.8. The van der Waals surface area contributed by atoms with Crippen molar-refractivity contribution < 1.29 is 22.7 Å². The lowest BCUT2D eigenvalue weighted by molar-refractivity contribution is -0.118. The lowest BCUT2D eigenvalue weighted by atomic mass is 10.2. The number of hydrogen-bond donors (Lipinski definition) is 2. The summed E-state index contributed by atoms with van der Waals surface area (Å²) in [6, 6.07) is 9.46. The van der Waals surface area contributed by atoms with Gasteiger partial charge in [-0.3, -0.25) is 9.52 Å². The third-order valence-electron chi connectivity index (χ3n) is 4.06.